The Morgan fingerprint density at radius 1 is 0.946 bits per heavy atom. The molecule has 0 saturated carbocycles. The second-order valence-electron chi connectivity index (χ2n) is 10.1. The number of amides is 3. The van der Waals surface area contributed by atoms with E-state index in [1.54, 1.807) is 30.3 Å². The van der Waals surface area contributed by atoms with Crippen molar-refractivity contribution < 1.29 is 39.6 Å². The number of carbonyl (C=O) groups is 4. The lowest BCUT2D eigenvalue weighted by atomic mass is 9.99. The van der Waals surface area contributed by atoms with E-state index in [9.17, 15) is 39.6 Å². The van der Waals surface area contributed by atoms with E-state index in [0.29, 0.717) is 5.56 Å². The lowest BCUT2D eigenvalue weighted by Gasteiger charge is -2.28. The van der Waals surface area contributed by atoms with E-state index < -0.39 is 79.0 Å². The van der Waals surface area contributed by atoms with Crippen molar-refractivity contribution in [1.29, 1.82) is 0 Å². The monoisotopic (exact) mass is 524 g/mol. The van der Waals surface area contributed by atoms with Gasteiger partial charge in [-0.3, -0.25) is 19.2 Å². The summed E-state index contributed by atoms with van der Waals surface area (Å²) in [5.41, 5.74) is 5.07. The van der Waals surface area contributed by atoms with Crippen LogP contribution in [-0.2, 0) is 19.2 Å². The van der Waals surface area contributed by atoms with Crippen LogP contribution in [0.3, 0.4) is 0 Å². The maximum absolute atomic E-state index is 12.8. The van der Waals surface area contributed by atoms with Gasteiger partial charge in [0.1, 0.15) is 6.04 Å². The fourth-order valence-corrected chi connectivity index (χ4v) is 3.49. The normalized spacial score (nSPS) is 15.7. The fraction of sp³-hybridized carbons (Fsp3) is 0.600. The molecule has 12 nitrogen and oxygen atoms in total. The van der Waals surface area contributed by atoms with Gasteiger partial charge in [-0.25, -0.2) is 0 Å². The summed E-state index contributed by atoms with van der Waals surface area (Å²) >= 11 is 0. The maximum Gasteiger partial charge on any atom is 0.305 e. The van der Waals surface area contributed by atoms with Crippen molar-refractivity contribution in [2.75, 3.05) is 6.61 Å². The van der Waals surface area contributed by atoms with Crippen molar-refractivity contribution in [2.24, 2.45) is 11.7 Å². The number of rotatable bonds is 15. The molecule has 1 aromatic rings. The first-order chi connectivity index (χ1) is 17.1. The highest BCUT2D eigenvalue weighted by atomic mass is 16.4. The third kappa shape index (κ3) is 11.3. The molecule has 5 atom stereocenters. The van der Waals surface area contributed by atoms with Gasteiger partial charge in [0.05, 0.1) is 36.8 Å². The number of hydrogen-bond acceptors (Lipinski definition) is 8. The van der Waals surface area contributed by atoms with Gasteiger partial charge in [-0.05, 0) is 38.2 Å². The van der Waals surface area contributed by atoms with Crippen LogP contribution >= 0.6 is 0 Å². The molecule has 1 rings (SSSR count). The molecule has 0 aliphatic carbocycles. The lowest BCUT2D eigenvalue weighted by Crippen LogP contribution is -2.57. The van der Waals surface area contributed by atoms with Gasteiger partial charge in [-0.2, -0.15) is 0 Å². The number of carbonyl (C=O) groups excluding carboxylic acids is 3. The van der Waals surface area contributed by atoms with Gasteiger partial charge >= 0.3 is 5.97 Å². The molecule has 9 N–H and O–H groups in total. The van der Waals surface area contributed by atoms with E-state index in [4.69, 9.17) is 5.73 Å². The van der Waals surface area contributed by atoms with Crippen LogP contribution in [0.4, 0.5) is 0 Å². The first kappa shape index (κ1) is 32.0. The van der Waals surface area contributed by atoms with Gasteiger partial charge in [0.25, 0.3) is 5.91 Å². The van der Waals surface area contributed by atoms with Crippen molar-refractivity contribution in [3.63, 3.8) is 0 Å². The average molecular weight is 525 g/mol. The molecule has 0 bridgehead atoms. The summed E-state index contributed by atoms with van der Waals surface area (Å²) < 4.78 is 0. The first-order valence-electron chi connectivity index (χ1n) is 12.1. The average Bonchev–Trinajstić information content (AvgIpc) is 2.81. The van der Waals surface area contributed by atoms with Gasteiger partial charge in [-0.1, -0.05) is 44.2 Å². The van der Waals surface area contributed by atoms with Crippen LogP contribution in [-0.4, -0.2) is 80.6 Å². The Balaban J connectivity index is 2.85. The second-order valence-corrected chi connectivity index (χ2v) is 10.1. The highest BCUT2D eigenvalue weighted by Gasteiger charge is 2.32. The van der Waals surface area contributed by atoms with Crippen LogP contribution in [0.15, 0.2) is 30.3 Å². The number of nitrogens with one attached hydrogen (secondary N) is 3. The standard InChI is InChI=1S/C25H40N4O8/c1-14(2)10-18(29-24(37)25(3,4)26)22(35)27-16(13-30)11-19(31)21(34)23(36)28-17(12-20(32)33)15-8-6-5-7-9-15/h5-9,14,16-19,21,30-31,34H,10-13,26H2,1-4H3,(H,27,35)(H,28,36)(H,29,37)(H,32,33)/t16-,17+,18+,19-,21+/m1/s1. The van der Waals surface area contributed by atoms with E-state index in [2.05, 4.69) is 16.0 Å². The zero-order valence-electron chi connectivity index (χ0n) is 21.7. The Kier molecular flexibility index (Phi) is 12.6. The number of aliphatic hydroxyl groups excluding tert-OH is 3. The number of carboxylic acids is 1. The Bertz CT molecular complexity index is 904. The Morgan fingerprint density at radius 2 is 1.54 bits per heavy atom. The summed E-state index contributed by atoms with van der Waals surface area (Å²) in [7, 11) is 0. The van der Waals surface area contributed by atoms with Crippen molar-refractivity contribution in [3.8, 4) is 0 Å². The van der Waals surface area contributed by atoms with E-state index in [1.165, 1.54) is 13.8 Å². The third-order valence-electron chi connectivity index (χ3n) is 5.54. The number of hydrogen-bond donors (Lipinski definition) is 8. The van der Waals surface area contributed by atoms with Crippen LogP contribution in [0.2, 0.25) is 0 Å². The van der Waals surface area contributed by atoms with Crippen molar-refractivity contribution in [1.82, 2.24) is 16.0 Å². The second kappa shape index (κ2) is 14.6. The molecule has 0 aliphatic heterocycles. The number of aliphatic hydroxyl groups is 3. The minimum atomic E-state index is -1.96. The molecule has 0 radical (unpaired) electrons. The van der Waals surface area contributed by atoms with E-state index in [1.807, 2.05) is 13.8 Å². The number of benzene rings is 1. The molecule has 0 heterocycles. The fourth-order valence-electron chi connectivity index (χ4n) is 3.49. The predicted octanol–water partition coefficient (Wildman–Crippen LogP) is -0.824. The molecule has 0 aliphatic rings. The van der Waals surface area contributed by atoms with Gasteiger partial charge in [0, 0.05) is 0 Å². The summed E-state index contributed by atoms with van der Waals surface area (Å²) in [4.78, 5) is 48.9. The van der Waals surface area contributed by atoms with Crippen LogP contribution in [0.25, 0.3) is 0 Å². The van der Waals surface area contributed by atoms with Crippen LogP contribution in [0, 0.1) is 5.92 Å². The first-order valence-corrected chi connectivity index (χ1v) is 12.1. The van der Waals surface area contributed by atoms with Gasteiger partial charge < -0.3 is 42.1 Å². The molecule has 0 unspecified atom stereocenters. The molecule has 3 amide bonds. The highest BCUT2D eigenvalue weighted by molar-refractivity contribution is 5.91. The molecular formula is C25H40N4O8. The van der Waals surface area contributed by atoms with E-state index in [0.717, 1.165) is 0 Å². The van der Waals surface area contributed by atoms with Gasteiger partial charge in [0.2, 0.25) is 11.8 Å². The van der Waals surface area contributed by atoms with Crippen molar-refractivity contribution in [3.05, 3.63) is 35.9 Å². The van der Waals surface area contributed by atoms with E-state index >= 15 is 0 Å². The lowest BCUT2D eigenvalue weighted by molar-refractivity contribution is -0.139. The van der Waals surface area contributed by atoms with Gasteiger partial charge in [-0.15, -0.1) is 0 Å². The molecular weight excluding hydrogens is 484 g/mol. The van der Waals surface area contributed by atoms with Crippen molar-refractivity contribution in [2.45, 2.75) is 82.8 Å². The number of aliphatic carboxylic acids is 1. The Hall–Kier alpha value is -3.06. The zero-order chi connectivity index (χ0) is 28.3. The topological polar surface area (TPSA) is 211 Å². The summed E-state index contributed by atoms with van der Waals surface area (Å²) in [6.07, 6.45) is -4.22. The zero-order valence-corrected chi connectivity index (χ0v) is 21.7. The molecule has 12 heteroatoms. The minimum Gasteiger partial charge on any atom is -0.481 e. The molecule has 0 aromatic heterocycles. The maximum atomic E-state index is 12.8. The quantitative estimate of drug-likeness (QED) is 0.144. The largest absolute Gasteiger partial charge is 0.481 e. The Labute approximate surface area is 216 Å². The number of carboxylic acid groups (broad SMARTS) is 1. The van der Waals surface area contributed by atoms with E-state index in [-0.39, 0.29) is 12.3 Å². The Morgan fingerprint density at radius 3 is 2.03 bits per heavy atom. The van der Waals surface area contributed by atoms with Crippen LogP contribution in [0.5, 0.6) is 0 Å². The summed E-state index contributed by atoms with van der Waals surface area (Å²) in [6.45, 7) is 6.08. The smallest absolute Gasteiger partial charge is 0.305 e. The van der Waals surface area contributed by atoms with Crippen LogP contribution in [0.1, 0.15) is 58.6 Å². The van der Waals surface area contributed by atoms with Crippen LogP contribution < -0.4 is 21.7 Å². The highest BCUT2D eigenvalue weighted by Crippen LogP contribution is 2.17. The predicted molar refractivity (Wildman–Crippen MR) is 135 cm³/mol. The SMILES string of the molecule is CC(C)C[C@H](NC(=O)C(C)(C)N)C(=O)N[C@@H](CO)C[C@@H](O)[C@H](O)C(=O)N[C@@H](CC(=O)O)c1ccccc1. The third-order valence-corrected chi connectivity index (χ3v) is 5.54. The molecule has 0 spiro atoms. The summed E-state index contributed by atoms with van der Waals surface area (Å²) in [5.74, 6) is -3.32. The minimum absolute atomic E-state index is 0.0315. The summed E-state index contributed by atoms with van der Waals surface area (Å²) in [5, 5.41) is 47.2. The molecule has 1 aromatic carbocycles. The molecule has 0 saturated heterocycles. The summed E-state index contributed by atoms with van der Waals surface area (Å²) in [6, 6.07) is 5.33. The van der Waals surface area contributed by atoms with Gasteiger partial charge in [0.15, 0.2) is 6.10 Å². The number of nitrogens with two attached hydrogens (primary N) is 1. The van der Waals surface area contributed by atoms with Crippen molar-refractivity contribution >= 4 is 23.7 Å². The molecule has 0 fully saturated rings. The molecule has 37 heavy (non-hydrogen) atoms. The molecule has 208 valence electrons.